The van der Waals surface area contributed by atoms with Crippen molar-refractivity contribution >= 4 is 67.2 Å². The first kappa shape index (κ1) is 23.2. The lowest BCUT2D eigenvalue weighted by atomic mass is 10.0. The molecule has 2 aromatic carbocycles. The van der Waals surface area contributed by atoms with Crippen LogP contribution in [-0.4, -0.2) is 45.8 Å². The molecule has 2 amide bonds. The predicted octanol–water partition coefficient (Wildman–Crippen LogP) is 4.83. The second-order valence-electron chi connectivity index (χ2n) is 8.45. The van der Waals surface area contributed by atoms with E-state index >= 15 is 0 Å². The molecule has 0 aliphatic rings. The number of nitrogens with two attached hydrogens (primary N) is 1. The molecule has 0 aliphatic heterocycles. The highest BCUT2D eigenvalue weighted by Crippen LogP contribution is 2.34. The van der Waals surface area contributed by atoms with Gasteiger partial charge in [-0.05, 0) is 42.8 Å². The molecule has 0 spiro atoms. The van der Waals surface area contributed by atoms with Gasteiger partial charge in [-0.25, -0.2) is 15.0 Å². The third kappa shape index (κ3) is 4.18. The number of fused-ring (bicyclic) bond motifs is 2. The molecule has 0 saturated carbocycles. The van der Waals surface area contributed by atoms with Crippen molar-refractivity contribution in [2.75, 3.05) is 30.5 Å². The Bertz CT molecular complexity index is 1630. The van der Waals surface area contributed by atoms with Crippen molar-refractivity contribution in [3.8, 4) is 0 Å². The van der Waals surface area contributed by atoms with Gasteiger partial charge < -0.3 is 21.3 Å². The molecule has 0 bridgehead atoms. The van der Waals surface area contributed by atoms with Crippen LogP contribution in [0.4, 0.5) is 23.0 Å². The molecule has 0 atom stereocenters. The number of carbonyl (C=O) groups is 2. The highest BCUT2D eigenvalue weighted by molar-refractivity contribution is 7.18. The fraction of sp³-hybridized carbons (Fsp3) is 0.115. The number of pyridine rings is 1. The lowest BCUT2D eigenvalue weighted by molar-refractivity contribution is 0.0827. The SMILES string of the molecule is Cc1ccc2c(Nc3ccc(C(=O)N(C)C)cc3)nccc2c1NC(=O)c1csc2c(N)ncnc12. The van der Waals surface area contributed by atoms with Gasteiger partial charge in [0.05, 0.1) is 21.5 Å². The van der Waals surface area contributed by atoms with Crippen molar-refractivity contribution in [3.63, 3.8) is 0 Å². The maximum atomic E-state index is 13.2. The van der Waals surface area contributed by atoms with E-state index in [9.17, 15) is 9.59 Å². The highest BCUT2D eigenvalue weighted by Gasteiger charge is 2.18. The van der Waals surface area contributed by atoms with Crippen molar-refractivity contribution < 1.29 is 9.59 Å². The van der Waals surface area contributed by atoms with E-state index in [0.29, 0.717) is 38.7 Å². The number of nitrogen functional groups attached to an aromatic ring is 1. The zero-order valence-corrected chi connectivity index (χ0v) is 20.7. The van der Waals surface area contributed by atoms with Gasteiger partial charge in [-0.15, -0.1) is 11.3 Å². The van der Waals surface area contributed by atoms with E-state index in [-0.39, 0.29) is 11.8 Å². The van der Waals surface area contributed by atoms with E-state index in [1.165, 1.54) is 22.6 Å². The minimum atomic E-state index is -0.276. The minimum absolute atomic E-state index is 0.0618. The van der Waals surface area contributed by atoms with Gasteiger partial charge in [0.1, 0.15) is 18.0 Å². The number of benzene rings is 2. The van der Waals surface area contributed by atoms with Gasteiger partial charge in [0.25, 0.3) is 11.8 Å². The van der Waals surface area contributed by atoms with Crippen LogP contribution in [0.15, 0.2) is 60.4 Å². The number of nitrogens with zero attached hydrogens (tertiary/aromatic N) is 4. The molecule has 0 fully saturated rings. The molecule has 0 unspecified atom stereocenters. The number of thiophene rings is 1. The van der Waals surface area contributed by atoms with E-state index in [1.807, 2.05) is 37.3 Å². The third-order valence-corrected chi connectivity index (χ3v) is 6.81. The Labute approximate surface area is 211 Å². The third-order valence-electron chi connectivity index (χ3n) is 5.82. The summed E-state index contributed by atoms with van der Waals surface area (Å²) in [7, 11) is 3.44. The Morgan fingerprint density at radius 3 is 2.50 bits per heavy atom. The van der Waals surface area contributed by atoms with Crippen molar-refractivity contribution in [1.82, 2.24) is 19.9 Å². The number of aryl methyl sites for hydroxylation is 1. The van der Waals surface area contributed by atoms with Crippen molar-refractivity contribution in [3.05, 3.63) is 77.1 Å². The standard InChI is InChI=1S/C26H23N7O2S/c1-14-4-9-18-17(20(14)32-25(34)19-12-36-22-21(19)29-13-30-23(22)27)10-11-28-24(18)31-16-7-5-15(6-8-16)26(35)33(2)3/h4-13H,1-3H3,(H,28,31)(H,32,34)(H2,27,29,30). The molecule has 0 aliphatic carbocycles. The molecule has 5 rings (SSSR count). The van der Waals surface area contributed by atoms with Crippen LogP contribution in [0.25, 0.3) is 21.0 Å². The molecule has 36 heavy (non-hydrogen) atoms. The molecule has 10 heteroatoms. The molecule has 180 valence electrons. The number of hydrogen-bond donors (Lipinski definition) is 3. The van der Waals surface area contributed by atoms with Gasteiger partial charge in [0.2, 0.25) is 0 Å². The van der Waals surface area contributed by atoms with Gasteiger partial charge in [0.15, 0.2) is 0 Å². The zero-order valence-electron chi connectivity index (χ0n) is 19.9. The Hall–Kier alpha value is -4.57. The van der Waals surface area contributed by atoms with Gasteiger partial charge in [-0.3, -0.25) is 9.59 Å². The van der Waals surface area contributed by atoms with E-state index in [0.717, 1.165) is 22.0 Å². The molecule has 0 saturated heterocycles. The van der Waals surface area contributed by atoms with E-state index in [2.05, 4.69) is 25.6 Å². The van der Waals surface area contributed by atoms with E-state index in [1.54, 1.807) is 37.8 Å². The molecule has 4 N–H and O–H groups in total. The number of aromatic nitrogens is 3. The summed E-state index contributed by atoms with van der Waals surface area (Å²) in [5.74, 6) is 0.651. The number of nitrogens with one attached hydrogen (secondary N) is 2. The molecular weight excluding hydrogens is 474 g/mol. The molecule has 3 aromatic heterocycles. The zero-order chi connectivity index (χ0) is 25.4. The monoisotopic (exact) mass is 497 g/mol. The number of amides is 2. The summed E-state index contributed by atoms with van der Waals surface area (Å²) < 4.78 is 0.686. The Morgan fingerprint density at radius 1 is 0.972 bits per heavy atom. The van der Waals surface area contributed by atoms with Crippen LogP contribution in [-0.2, 0) is 0 Å². The normalized spacial score (nSPS) is 11.0. The Kier molecular flexibility index (Phi) is 5.95. The number of carbonyl (C=O) groups excluding carboxylic acids is 2. The van der Waals surface area contributed by atoms with Crippen LogP contribution in [0.2, 0.25) is 0 Å². The highest BCUT2D eigenvalue weighted by atomic mass is 32.1. The second kappa shape index (κ2) is 9.23. The maximum absolute atomic E-state index is 13.2. The molecule has 5 aromatic rings. The van der Waals surface area contributed by atoms with Gasteiger partial charge >= 0.3 is 0 Å². The number of anilines is 4. The first-order chi connectivity index (χ1) is 17.3. The van der Waals surface area contributed by atoms with Gasteiger partial charge in [-0.2, -0.15) is 0 Å². The van der Waals surface area contributed by atoms with Gasteiger partial charge in [-0.1, -0.05) is 12.1 Å². The summed E-state index contributed by atoms with van der Waals surface area (Å²) in [6, 6.07) is 13.0. The minimum Gasteiger partial charge on any atom is -0.382 e. The average molecular weight is 498 g/mol. The molecular formula is C26H23N7O2S. The van der Waals surface area contributed by atoms with Crippen LogP contribution < -0.4 is 16.4 Å². The van der Waals surface area contributed by atoms with E-state index < -0.39 is 0 Å². The van der Waals surface area contributed by atoms with E-state index in [4.69, 9.17) is 5.73 Å². The largest absolute Gasteiger partial charge is 0.382 e. The molecule has 9 nitrogen and oxygen atoms in total. The van der Waals surface area contributed by atoms with Crippen LogP contribution in [0.5, 0.6) is 0 Å². The number of rotatable bonds is 5. The Morgan fingerprint density at radius 2 is 1.75 bits per heavy atom. The lowest BCUT2D eigenvalue weighted by Gasteiger charge is -2.15. The summed E-state index contributed by atoms with van der Waals surface area (Å²) in [6.07, 6.45) is 3.05. The summed E-state index contributed by atoms with van der Waals surface area (Å²) in [6.45, 7) is 1.94. The summed E-state index contributed by atoms with van der Waals surface area (Å²) >= 11 is 1.34. The molecule has 3 heterocycles. The first-order valence-electron chi connectivity index (χ1n) is 11.1. The van der Waals surface area contributed by atoms with Crippen molar-refractivity contribution in [2.24, 2.45) is 0 Å². The first-order valence-corrected chi connectivity index (χ1v) is 12.0. The quantitative estimate of drug-likeness (QED) is 0.317. The van der Waals surface area contributed by atoms with Crippen molar-refractivity contribution in [2.45, 2.75) is 6.92 Å². The van der Waals surface area contributed by atoms with Crippen molar-refractivity contribution in [1.29, 1.82) is 0 Å². The average Bonchev–Trinajstić information content (AvgIpc) is 3.31. The lowest BCUT2D eigenvalue weighted by Crippen LogP contribution is -2.21. The summed E-state index contributed by atoms with van der Waals surface area (Å²) in [4.78, 5) is 39.7. The molecule has 0 radical (unpaired) electrons. The van der Waals surface area contributed by atoms with Crippen LogP contribution in [0.3, 0.4) is 0 Å². The smallest absolute Gasteiger partial charge is 0.258 e. The van der Waals surface area contributed by atoms with Crippen LogP contribution in [0.1, 0.15) is 26.3 Å². The summed E-state index contributed by atoms with van der Waals surface area (Å²) in [5.41, 5.74) is 9.90. The topological polar surface area (TPSA) is 126 Å². The fourth-order valence-electron chi connectivity index (χ4n) is 3.93. The van der Waals surface area contributed by atoms with Crippen LogP contribution in [0, 0.1) is 6.92 Å². The fourth-order valence-corrected chi connectivity index (χ4v) is 4.83. The second-order valence-corrected chi connectivity index (χ2v) is 9.33. The number of hydrogen-bond acceptors (Lipinski definition) is 8. The maximum Gasteiger partial charge on any atom is 0.258 e. The van der Waals surface area contributed by atoms with Crippen LogP contribution >= 0.6 is 11.3 Å². The Balaban J connectivity index is 1.47. The predicted molar refractivity (Wildman–Crippen MR) is 144 cm³/mol. The summed E-state index contributed by atoms with van der Waals surface area (Å²) in [5, 5.41) is 9.80. The van der Waals surface area contributed by atoms with Gasteiger partial charge in [0, 0.05) is 47.7 Å².